The molecule has 0 N–H and O–H groups in total. The first-order valence-corrected chi connectivity index (χ1v) is 8.67. The molecule has 0 radical (unpaired) electrons. The van der Waals surface area contributed by atoms with Crippen molar-refractivity contribution >= 4 is 27.3 Å². The molecule has 0 unspecified atom stereocenters. The summed E-state index contributed by atoms with van der Waals surface area (Å²) in [5.74, 6) is 0. The lowest BCUT2D eigenvalue weighted by molar-refractivity contribution is 0.668. The summed E-state index contributed by atoms with van der Waals surface area (Å²) in [7, 11) is 0. The third kappa shape index (κ3) is 4.19. The van der Waals surface area contributed by atoms with Crippen LogP contribution < -0.4 is 0 Å². The summed E-state index contributed by atoms with van der Waals surface area (Å²) in [5.41, 5.74) is 4.17. The first-order chi connectivity index (χ1) is 9.20. The van der Waals surface area contributed by atoms with Crippen molar-refractivity contribution in [2.75, 3.05) is 0 Å². The molecule has 0 saturated carbocycles. The van der Waals surface area contributed by atoms with Gasteiger partial charge in [-0.15, -0.1) is 11.3 Å². The minimum atomic E-state index is 1.20. The molecule has 0 nitrogen and oxygen atoms in total. The predicted octanol–water partition coefficient (Wildman–Crippen LogP) is 6.61. The van der Waals surface area contributed by atoms with Gasteiger partial charge in [0.15, 0.2) is 0 Å². The topological polar surface area (TPSA) is 0 Å². The molecule has 0 aliphatic rings. The van der Waals surface area contributed by atoms with E-state index >= 15 is 0 Å². The predicted molar refractivity (Wildman–Crippen MR) is 90.0 cm³/mol. The van der Waals surface area contributed by atoms with Gasteiger partial charge in [0, 0.05) is 4.88 Å². The minimum absolute atomic E-state index is 1.20. The molecule has 0 bridgehead atoms. The Morgan fingerprint density at radius 2 is 1.79 bits per heavy atom. The standard InChI is InChI=1S/C17H21BrS/c1-3-4-5-6-7-15-12-16(18)19-17(15)14-10-8-13(2)9-11-14/h8-12H,3-7H2,1-2H3. The molecular weight excluding hydrogens is 316 g/mol. The lowest BCUT2D eigenvalue weighted by Crippen LogP contribution is -1.86. The molecule has 19 heavy (non-hydrogen) atoms. The van der Waals surface area contributed by atoms with Crippen LogP contribution in [0.4, 0.5) is 0 Å². The molecule has 0 amide bonds. The fourth-order valence-electron chi connectivity index (χ4n) is 2.27. The number of unbranched alkanes of at least 4 members (excludes halogenated alkanes) is 3. The zero-order valence-electron chi connectivity index (χ0n) is 11.7. The van der Waals surface area contributed by atoms with Crippen LogP contribution in [-0.2, 0) is 6.42 Å². The van der Waals surface area contributed by atoms with Gasteiger partial charge in [0.25, 0.3) is 0 Å². The lowest BCUT2D eigenvalue weighted by atomic mass is 10.0. The molecule has 2 heteroatoms. The van der Waals surface area contributed by atoms with Crippen LogP contribution in [0.5, 0.6) is 0 Å². The highest BCUT2D eigenvalue weighted by molar-refractivity contribution is 9.11. The summed E-state index contributed by atoms with van der Waals surface area (Å²) >= 11 is 5.49. The molecule has 1 heterocycles. The van der Waals surface area contributed by atoms with Gasteiger partial charge in [-0.25, -0.2) is 0 Å². The largest absolute Gasteiger partial charge is 0.128 e. The van der Waals surface area contributed by atoms with Crippen LogP contribution in [0.2, 0.25) is 0 Å². The summed E-state index contributed by atoms with van der Waals surface area (Å²) in [6.07, 6.45) is 6.50. The van der Waals surface area contributed by atoms with Crippen molar-refractivity contribution in [2.24, 2.45) is 0 Å². The van der Waals surface area contributed by atoms with Crippen molar-refractivity contribution in [3.05, 3.63) is 45.2 Å². The number of hydrogen-bond donors (Lipinski definition) is 0. The maximum atomic E-state index is 3.64. The fourth-order valence-corrected chi connectivity index (χ4v) is 3.98. The highest BCUT2D eigenvalue weighted by Crippen LogP contribution is 2.36. The highest BCUT2D eigenvalue weighted by Gasteiger charge is 2.09. The fraction of sp³-hybridized carbons (Fsp3) is 0.412. The number of thiophene rings is 1. The van der Waals surface area contributed by atoms with Crippen molar-refractivity contribution in [1.82, 2.24) is 0 Å². The highest BCUT2D eigenvalue weighted by atomic mass is 79.9. The van der Waals surface area contributed by atoms with E-state index in [9.17, 15) is 0 Å². The Morgan fingerprint density at radius 1 is 1.05 bits per heavy atom. The van der Waals surface area contributed by atoms with Crippen molar-refractivity contribution in [1.29, 1.82) is 0 Å². The molecule has 0 fully saturated rings. The number of benzene rings is 1. The third-order valence-corrected chi connectivity index (χ3v) is 5.12. The van der Waals surface area contributed by atoms with Crippen molar-refractivity contribution in [3.8, 4) is 10.4 Å². The van der Waals surface area contributed by atoms with Gasteiger partial charge >= 0.3 is 0 Å². The number of aryl methyl sites for hydroxylation is 2. The Labute approximate surface area is 129 Å². The average molecular weight is 337 g/mol. The van der Waals surface area contributed by atoms with Gasteiger partial charge in [0.05, 0.1) is 3.79 Å². The quantitative estimate of drug-likeness (QED) is 0.520. The van der Waals surface area contributed by atoms with Crippen molar-refractivity contribution in [3.63, 3.8) is 0 Å². The molecule has 0 aliphatic carbocycles. The molecule has 0 atom stereocenters. The Morgan fingerprint density at radius 3 is 2.47 bits per heavy atom. The summed E-state index contributed by atoms with van der Waals surface area (Å²) in [5, 5.41) is 0. The first kappa shape index (κ1) is 14.8. The van der Waals surface area contributed by atoms with Gasteiger partial charge in [0.1, 0.15) is 0 Å². The van der Waals surface area contributed by atoms with Crippen LogP contribution in [0, 0.1) is 6.92 Å². The molecule has 1 aromatic carbocycles. The molecular formula is C17H21BrS. The van der Waals surface area contributed by atoms with Crippen molar-refractivity contribution in [2.45, 2.75) is 46.0 Å². The zero-order chi connectivity index (χ0) is 13.7. The van der Waals surface area contributed by atoms with Crippen LogP contribution >= 0.6 is 27.3 Å². The van der Waals surface area contributed by atoms with E-state index in [4.69, 9.17) is 0 Å². The van der Waals surface area contributed by atoms with E-state index in [1.165, 1.54) is 57.5 Å². The second-order valence-corrected chi connectivity index (χ2v) is 7.51. The smallest absolute Gasteiger partial charge is 0.0707 e. The average Bonchev–Trinajstić information content (AvgIpc) is 2.77. The molecule has 2 aromatic rings. The number of hydrogen-bond acceptors (Lipinski definition) is 1. The van der Waals surface area contributed by atoms with Gasteiger partial charge in [-0.2, -0.15) is 0 Å². The van der Waals surface area contributed by atoms with Crippen LogP contribution in [0.15, 0.2) is 34.1 Å². The SMILES string of the molecule is CCCCCCc1cc(Br)sc1-c1ccc(C)cc1. The number of halogens is 1. The van der Waals surface area contributed by atoms with Crippen LogP contribution in [0.3, 0.4) is 0 Å². The lowest BCUT2D eigenvalue weighted by Gasteiger charge is -2.04. The van der Waals surface area contributed by atoms with Crippen LogP contribution in [0.1, 0.15) is 43.7 Å². The van der Waals surface area contributed by atoms with Crippen LogP contribution in [-0.4, -0.2) is 0 Å². The second kappa shape index (κ2) is 7.25. The van der Waals surface area contributed by atoms with E-state index in [0.29, 0.717) is 0 Å². The Balaban J connectivity index is 2.13. The van der Waals surface area contributed by atoms with Gasteiger partial charge in [-0.05, 0) is 52.9 Å². The zero-order valence-corrected chi connectivity index (χ0v) is 14.1. The Hall–Kier alpha value is -0.600. The third-order valence-electron chi connectivity index (χ3n) is 3.39. The maximum absolute atomic E-state index is 3.64. The summed E-state index contributed by atoms with van der Waals surface area (Å²) in [6, 6.07) is 11.2. The van der Waals surface area contributed by atoms with Crippen molar-refractivity contribution < 1.29 is 0 Å². The normalized spacial score (nSPS) is 10.9. The van der Waals surface area contributed by atoms with Gasteiger partial charge in [-0.1, -0.05) is 56.0 Å². The van der Waals surface area contributed by atoms with Gasteiger partial charge in [-0.3, -0.25) is 0 Å². The van der Waals surface area contributed by atoms with E-state index < -0.39 is 0 Å². The van der Waals surface area contributed by atoms with E-state index in [1.54, 1.807) is 0 Å². The Kier molecular flexibility index (Phi) is 5.65. The number of rotatable bonds is 6. The first-order valence-electron chi connectivity index (χ1n) is 7.06. The summed E-state index contributed by atoms with van der Waals surface area (Å²) < 4.78 is 1.24. The van der Waals surface area contributed by atoms with E-state index in [-0.39, 0.29) is 0 Å². The van der Waals surface area contributed by atoms with E-state index in [0.717, 1.165) is 0 Å². The monoisotopic (exact) mass is 336 g/mol. The molecule has 0 aliphatic heterocycles. The summed E-state index contributed by atoms with van der Waals surface area (Å²) in [6.45, 7) is 4.40. The van der Waals surface area contributed by atoms with Gasteiger partial charge < -0.3 is 0 Å². The molecule has 2 rings (SSSR count). The summed E-state index contributed by atoms with van der Waals surface area (Å²) in [4.78, 5) is 1.43. The Bertz CT molecular complexity index is 511. The molecule has 0 spiro atoms. The molecule has 102 valence electrons. The second-order valence-electron chi connectivity index (χ2n) is 5.08. The molecule has 1 aromatic heterocycles. The van der Waals surface area contributed by atoms with E-state index in [2.05, 4.69) is 60.1 Å². The van der Waals surface area contributed by atoms with Crippen LogP contribution in [0.25, 0.3) is 10.4 Å². The maximum Gasteiger partial charge on any atom is 0.0707 e. The molecule has 0 saturated heterocycles. The van der Waals surface area contributed by atoms with Gasteiger partial charge in [0.2, 0.25) is 0 Å². The van der Waals surface area contributed by atoms with E-state index in [1.807, 2.05) is 11.3 Å². The minimum Gasteiger partial charge on any atom is -0.128 e.